The van der Waals surface area contributed by atoms with Crippen molar-refractivity contribution in [3.63, 3.8) is 0 Å². The molecule has 0 fully saturated rings. The van der Waals surface area contributed by atoms with Crippen LogP contribution in [0.25, 0.3) is 0 Å². The number of methoxy groups -OCH3 is 1. The second kappa shape index (κ2) is 7.25. The monoisotopic (exact) mass is 374 g/mol. The first-order valence-corrected chi connectivity index (χ1v) is 8.97. The molecule has 1 aromatic carbocycles. The predicted molar refractivity (Wildman–Crippen MR) is 98.9 cm³/mol. The Hall–Kier alpha value is -2.74. The Morgan fingerprint density at radius 2 is 2.27 bits per heavy atom. The van der Waals surface area contributed by atoms with Crippen LogP contribution in [0.5, 0.6) is 5.75 Å². The van der Waals surface area contributed by atoms with Gasteiger partial charge in [0.2, 0.25) is 5.75 Å². The predicted octanol–water partition coefficient (Wildman–Crippen LogP) is 4.02. The number of benzene rings is 1. The largest absolute Gasteiger partial charge is 0.502 e. The zero-order chi connectivity index (χ0) is 18.8. The molecule has 3 rings (SSSR count). The van der Waals surface area contributed by atoms with Crippen molar-refractivity contribution in [1.82, 2.24) is 0 Å². The molecule has 1 atom stereocenters. The number of thiophene rings is 1. The van der Waals surface area contributed by atoms with Crippen molar-refractivity contribution in [2.45, 2.75) is 26.2 Å². The van der Waals surface area contributed by atoms with Gasteiger partial charge in [-0.1, -0.05) is 13.0 Å². The molecule has 0 bridgehead atoms. The van der Waals surface area contributed by atoms with E-state index in [0.29, 0.717) is 16.5 Å². The van der Waals surface area contributed by atoms with Gasteiger partial charge in [0.15, 0.2) is 0 Å². The number of fused-ring (bicyclic) bond motifs is 1. The van der Waals surface area contributed by atoms with E-state index >= 15 is 0 Å². The molecule has 0 amide bonds. The summed E-state index contributed by atoms with van der Waals surface area (Å²) in [6.07, 6.45) is 4.04. The number of aromatic hydroxyl groups is 1. The number of para-hydroxylation sites is 1. The van der Waals surface area contributed by atoms with Gasteiger partial charge >= 0.3 is 11.7 Å². The number of ether oxygens (including phenoxy) is 1. The number of nitro groups is 1. The number of phenols is 1. The topological polar surface area (TPSA) is 102 Å². The molecule has 0 saturated heterocycles. The molecule has 1 aromatic heterocycles. The number of nitrogens with zero attached hydrogens (tertiary/aromatic N) is 2. The lowest BCUT2D eigenvalue weighted by Crippen LogP contribution is -2.12. The van der Waals surface area contributed by atoms with Crippen molar-refractivity contribution in [1.29, 1.82) is 0 Å². The van der Waals surface area contributed by atoms with Crippen molar-refractivity contribution in [3.8, 4) is 5.75 Å². The number of hydrogen-bond donors (Lipinski definition) is 1. The van der Waals surface area contributed by atoms with Gasteiger partial charge in [0.25, 0.3) is 0 Å². The van der Waals surface area contributed by atoms with E-state index in [0.717, 1.165) is 29.7 Å². The molecule has 0 spiro atoms. The first-order chi connectivity index (χ1) is 12.4. The lowest BCUT2D eigenvalue weighted by molar-refractivity contribution is -0.385. The minimum absolute atomic E-state index is 0.217. The fraction of sp³-hybridized carbons (Fsp3) is 0.333. The molecule has 0 radical (unpaired) electrons. The van der Waals surface area contributed by atoms with E-state index in [4.69, 9.17) is 4.74 Å². The lowest BCUT2D eigenvalue weighted by Gasteiger charge is -2.18. The van der Waals surface area contributed by atoms with Gasteiger partial charge in [0.05, 0.1) is 17.6 Å². The number of carbonyl (C=O) groups is 1. The summed E-state index contributed by atoms with van der Waals surface area (Å²) in [6.45, 7) is 2.17. The van der Waals surface area contributed by atoms with Gasteiger partial charge in [0, 0.05) is 22.7 Å². The summed E-state index contributed by atoms with van der Waals surface area (Å²) in [5, 5.41) is 21.5. The van der Waals surface area contributed by atoms with E-state index in [1.807, 2.05) is 0 Å². The first-order valence-electron chi connectivity index (χ1n) is 8.15. The minimum atomic E-state index is -0.655. The molecule has 1 unspecified atom stereocenters. The summed E-state index contributed by atoms with van der Waals surface area (Å²) >= 11 is 1.43. The quantitative estimate of drug-likeness (QED) is 0.377. The highest BCUT2D eigenvalue weighted by Gasteiger charge is 2.28. The Bertz CT molecular complexity index is 903. The maximum absolute atomic E-state index is 12.2. The number of aliphatic imine (C=N–C) groups is 1. The Morgan fingerprint density at radius 1 is 1.50 bits per heavy atom. The fourth-order valence-corrected chi connectivity index (χ4v) is 4.41. The fourth-order valence-electron chi connectivity index (χ4n) is 3.07. The number of esters is 1. The third-order valence-electron chi connectivity index (χ3n) is 4.45. The molecule has 1 aliphatic rings. The van der Waals surface area contributed by atoms with Gasteiger partial charge in [-0.2, -0.15) is 0 Å². The van der Waals surface area contributed by atoms with Crippen LogP contribution >= 0.6 is 11.3 Å². The highest BCUT2D eigenvalue weighted by atomic mass is 32.1. The van der Waals surface area contributed by atoms with Crippen LogP contribution in [0, 0.1) is 16.0 Å². The Balaban J connectivity index is 2.03. The van der Waals surface area contributed by atoms with Gasteiger partial charge in [-0.25, -0.2) is 9.79 Å². The average molecular weight is 374 g/mol. The first kappa shape index (κ1) is 18.1. The van der Waals surface area contributed by atoms with E-state index in [-0.39, 0.29) is 11.3 Å². The molecule has 7 nitrogen and oxygen atoms in total. The van der Waals surface area contributed by atoms with Gasteiger partial charge in [-0.05, 0) is 36.8 Å². The third-order valence-corrected chi connectivity index (χ3v) is 5.61. The molecular weight excluding hydrogens is 356 g/mol. The molecule has 1 heterocycles. The second-order valence-corrected chi connectivity index (χ2v) is 7.34. The van der Waals surface area contributed by atoms with Crippen LogP contribution < -0.4 is 0 Å². The molecule has 1 N–H and O–H groups in total. The maximum Gasteiger partial charge on any atom is 0.341 e. The van der Waals surface area contributed by atoms with E-state index < -0.39 is 16.6 Å². The van der Waals surface area contributed by atoms with Crippen molar-refractivity contribution < 1.29 is 19.6 Å². The lowest BCUT2D eigenvalue weighted by atomic mass is 9.88. The van der Waals surface area contributed by atoms with Crippen molar-refractivity contribution in [2.24, 2.45) is 10.9 Å². The molecule has 2 aromatic rings. The Labute approximate surface area is 154 Å². The average Bonchev–Trinajstić information content (AvgIpc) is 2.97. The highest BCUT2D eigenvalue weighted by Crippen LogP contribution is 2.41. The summed E-state index contributed by atoms with van der Waals surface area (Å²) in [6, 6.07) is 4.22. The van der Waals surface area contributed by atoms with E-state index in [1.54, 1.807) is 0 Å². The van der Waals surface area contributed by atoms with Gasteiger partial charge < -0.3 is 9.84 Å². The number of carbonyl (C=O) groups excluding carboxylic acids is 1. The van der Waals surface area contributed by atoms with Crippen LogP contribution in [0.4, 0.5) is 10.7 Å². The van der Waals surface area contributed by atoms with E-state index in [9.17, 15) is 20.0 Å². The number of phenolic OH excluding ortho intramolecular Hbond substituents is 1. The van der Waals surface area contributed by atoms with Gasteiger partial charge in [0.1, 0.15) is 5.00 Å². The molecule has 136 valence electrons. The normalized spacial score (nSPS) is 16.5. The minimum Gasteiger partial charge on any atom is -0.502 e. The summed E-state index contributed by atoms with van der Waals surface area (Å²) in [5.74, 6) is -0.340. The van der Waals surface area contributed by atoms with Crippen molar-refractivity contribution in [3.05, 3.63) is 49.9 Å². The summed E-state index contributed by atoms with van der Waals surface area (Å²) in [5.41, 5.74) is 1.27. The summed E-state index contributed by atoms with van der Waals surface area (Å²) in [4.78, 5) is 28.0. The Kier molecular flexibility index (Phi) is 5.03. The summed E-state index contributed by atoms with van der Waals surface area (Å²) < 4.78 is 4.91. The maximum atomic E-state index is 12.2. The van der Waals surface area contributed by atoms with Crippen LogP contribution in [0.15, 0.2) is 23.2 Å². The molecule has 8 heteroatoms. The van der Waals surface area contributed by atoms with Crippen LogP contribution in [0.1, 0.15) is 39.7 Å². The number of rotatable bonds is 4. The van der Waals surface area contributed by atoms with Crippen LogP contribution in [0.3, 0.4) is 0 Å². The molecular formula is C18H18N2O5S. The highest BCUT2D eigenvalue weighted by molar-refractivity contribution is 7.16. The van der Waals surface area contributed by atoms with Crippen LogP contribution in [-0.4, -0.2) is 29.3 Å². The molecule has 0 saturated carbocycles. The third kappa shape index (κ3) is 3.32. The van der Waals surface area contributed by atoms with Gasteiger partial charge in [-0.3, -0.25) is 10.1 Å². The zero-order valence-corrected chi connectivity index (χ0v) is 15.2. The smallest absolute Gasteiger partial charge is 0.341 e. The number of hydrogen-bond acceptors (Lipinski definition) is 7. The van der Waals surface area contributed by atoms with E-state index in [2.05, 4.69) is 11.9 Å². The molecule has 1 aliphatic carbocycles. The SMILES string of the molecule is COC(=O)c1c(/N=C/c2cccc([N+](=O)[O-])c2O)sc2c1CCC(C)C2. The van der Waals surface area contributed by atoms with Crippen molar-refractivity contribution >= 4 is 34.2 Å². The van der Waals surface area contributed by atoms with Gasteiger partial charge in [-0.15, -0.1) is 11.3 Å². The zero-order valence-electron chi connectivity index (χ0n) is 14.4. The molecule has 26 heavy (non-hydrogen) atoms. The van der Waals surface area contributed by atoms with Crippen molar-refractivity contribution in [2.75, 3.05) is 7.11 Å². The Morgan fingerprint density at radius 3 is 2.96 bits per heavy atom. The second-order valence-electron chi connectivity index (χ2n) is 6.25. The standard InChI is InChI=1S/C18H18N2O5S/c1-10-6-7-12-14(8-10)26-17(15(12)18(22)25-2)19-9-11-4-3-5-13(16(11)21)20(23)24/h3-5,9-10,21H,6-8H2,1-2H3/b19-9+. The van der Waals surface area contributed by atoms with Crippen LogP contribution in [0.2, 0.25) is 0 Å². The van der Waals surface area contributed by atoms with Crippen LogP contribution in [-0.2, 0) is 17.6 Å². The number of nitro benzene ring substituents is 1. The summed E-state index contributed by atoms with van der Waals surface area (Å²) in [7, 11) is 1.33. The van der Waals surface area contributed by atoms with E-state index in [1.165, 1.54) is 42.9 Å². The molecule has 0 aliphatic heterocycles.